The molecule has 0 aliphatic heterocycles. The molecule has 1 aliphatic carbocycles. The fraction of sp³-hybridized carbons (Fsp3) is 0.188. The molecule has 0 fully saturated rings. The number of carbonyl (C=O) groups is 2. The summed E-state index contributed by atoms with van der Waals surface area (Å²) in [4.78, 5) is 24.8. The summed E-state index contributed by atoms with van der Waals surface area (Å²) >= 11 is 0. The minimum Gasteiger partial charge on any atom is -0.496 e. The normalized spacial score (nSPS) is 12.5. The lowest BCUT2D eigenvalue weighted by molar-refractivity contribution is -0.138. The number of amides is 1. The van der Waals surface area contributed by atoms with E-state index in [2.05, 4.69) is 17.4 Å². The van der Waals surface area contributed by atoms with E-state index in [0.29, 0.717) is 12.0 Å². The fourth-order valence-electron chi connectivity index (χ4n) is 5.46. The number of halogens is 3. The van der Waals surface area contributed by atoms with Crippen molar-refractivity contribution in [1.29, 1.82) is 0 Å². The van der Waals surface area contributed by atoms with Gasteiger partial charge in [0.15, 0.2) is 0 Å². The van der Waals surface area contributed by atoms with E-state index in [1.54, 1.807) is 6.07 Å². The zero-order chi connectivity index (χ0) is 28.4. The molecular formula is C32H26F3NO4. The van der Waals surface area contributed by atoms with E-state index in [9.17, 15) is 27.9 Å². The van der Waals surface area contributed by atoms with Gasteiger partial charge in [-0.15, -0.1) is 0 Å². The van der Waals surface area contributed by atoms with Crippen molar-refractivity contribution in [1.82, 2.24) is 5.32 Å². The molecular weight excluding hydrogens is 519 g/mol. The van der Waals surface area contributed by atoms with Crippen LogP contribution in [0, 0.1) is 0 Å². The van der Waals surface area contributed by atoms with Crippen LogP contribution in [-0.2, 0) is 17.4 Å². The lowest BCUT2D eigenvalue weighted by Crippen LogP contribution is -2.27. The summed E-state index contributed by atoms with van der Waals surface area (Å²) in [5.74, 6) is -1.95. The van der Waals surface area contributed by atoms with Crippen LogP contribution in [0.4, 0.5) is 13.2 Å². The largest absolute Gasteiger partial charge is 0.496 e. The number of rotatable bonds is 8. The number of ether oxygens (including phenoxy) is 1. The standard InChI is InChI=1S/C32H26F3NO4/c1-40-28-12-6-11-24(30(28)32(33,34)35)26-17-19(13-14-25(26)31(38)39)15-16-36-29(37)18-27-22-9-4-2-7-20(22)21-8-3-5-10-23(21)27/h2-14,17,27H,15-16,18H2,1H3,(H,36,37)(H,38,39). The van der Waals surface area contributed by atoms with E-state index in [0.717, 1.165) is 29.4 Å². The summed E-state index contributed by atoms with van der Waals surface area (Å²) < 4.78 is 46.9. The zero-order valence-corrected chi connectivity index (χ0v) is 21.6. The third-order valence-electron chi connectivity index (χ3n) is 7.22. The van der Waals surface area contributed by atoms with E-state index in [4.69, 9.17) is 4.74 Å². The first kappa shape index (κ1) is 27.0. The highest BCUT2D eigenvalue weighted by Gasteiger charge is 2.38. The van der Waals surface area contributed by atoms with Gasteiger partial charge >= 0.3 is 12.1 Å². The second-order valence-electron chi connectivity index (χ2n) is 9.60. The lowest BCUT2D eigenvalue weighted by Gasteiger charge is -2.18. The molecule has 0 spiro atoms. The van der Waals surface area contributed by atoms with Crippen molar-refractivity contribution in [3.63, 3.8) is 0 Å². The average molecular weight is 546 g/mol. The van der Waals surface area contributed by atoms with Crippen molar-refractivity contribution >= 4 is 11.9 Å². The number of alkyl halides is 3. The Morgan fingerprint density at radius 2 is 1.48 bits per heavy atom. The zero-order valence-electron chi connectivity index (χ0n) is 21.6. The average Bonchev–Trinajstić information content (AvgIpc) is 3.25. The van der Waals surface area contributed by atoms with Crippen molar-refractivity contribution in [3.8, 4) is 28.0 Å². The Labute approximate surface area is 229 Å². The summed E-state index contributed by atoms with van der Waals surface area (Å²) in [5, 5.41) is 12.6. The van der Waals surface area contributed by atoms with Crippen molar-refractivity contribution in [2.24, 2.45) is 0 Å². The quantitative estimate of drug-likeness (QED) is 0.252. The monoisotopic (exact) mass is 545 g/mol. The van der Waals surface area contributed by atoms with Gasteiger partial charge in [0.25, 0.3) is 0 Å². The summed E-state index contributed by atoms with van der Waals surface area (Å²) in [6.45, 7) is 0.241. The topological polar surface area (TPSA) is 75.6 Å². The number of hydrogen-bond acceptors (Lipinski definition) is 3. The van der Waals surface area contributed by atoms with Crippen LogP contribution in [-0.4, -0.2) is 30.6 Å². The summed E-state index contributed by atoms with van der Waals surface area (Å²) in [7, 11) is 1.13. The predicted octanol–water partition coefficient (Wildman–Crippen LogP) is 6.94. The second-order valence-corrected chi connectivity index (χ2v) is 9.60. The molecule has 0 unspecified atom stereocenters. The van der Waals surface area contributed by atoms with E-state index < -0.39 is 23.5 Å². The van der Waals surface area contributed by atoms with Crippen LogP contribution in [0.5, 0.6) is 5.75 Å². The number of carbonyl (C=O) groups excluding carboxylic acids is 1. The minimum atomic E-state index is -4.76. The Morgan fingerprint density at radius 1 is 0.850 bits per heavy atom. The van der Waals surface area contributed by atoms with E-state index in [-0.39, 0.29) is 41.5 Å². The Morgan fingerprint density at radius 3 is 2.08 bits per heavy atom. The highest BCUT2D eigenvalue weighted by atomic mass is 19.4. The van der Waals surface area contributed by atoms with Crippen LogP contribution in [0.15, 0.2) is 84.9 Å². The molecule has 0 bridgehead atoms. The fourth-order valence-corrected chi connectivity index (χ4v) is 5.46. The molecule has 204 valence electrons. The number of benzene rings is 4. The van der Waals surface area contributed by atoms with Crippen LogP contribution in [0.1, 0.15) is 45.0 Å². The molecule has 0 heterocycles. The van der Waals surface area contributed by atoms with Gasteiger partial charge in [-0.25, -0.2) is 4.79 Å². The van der Waals surface area contributed by atoms with Gasteiger partial charge in [0, 0.05) is 18.9 Å². The molecule has 1 aliphatic rings. The summed E-state index contributed by atoms with van der Waals surface area (Å²) in [6.07, 6.45) is -4.20. The van der Waals surface area contributed by atoms with Gasteiger partial charge in [0.05, 0.1) is 12.7 Å². The molecule has 5 rings (SSSR count). The number of fused-ring (bicyclic) bond motifs is 3. The van der Waals surface area contributed by atoms with Crippen LogP contribution in [0.2, 0.25) is 0 Å². The molecule has 40 heavy (non-hydrogen) atoms. The molecule has 0 radical (unpaired) electrons. The molecule has 0 saturated heterocycles. The van der Waals surface area contributed by atoms with Gasteiger partial charge in [0.1, 0.15) is 11.3 Å². The summed E-state index contributed by atoms with van der Waals surface area (Å²) in [6, 6.07) is 24.1. The molecule has 1 amide bonds. The van der Waals surface area contributed by atoms with E-state index in [1.165, 1.54) is 30.3 Å². The molecule has 0 saturated carbocycles. The number of carboxylic acids is 1. The Kier molecular flexibility index (Phi) is 7.34. The van der Waals surface area contributed by atoms with Gasteiger partial charge in [-0.2, -0.15) is 13.2 Å². The van der Waals surface area contributed by atoms with E-state index in [1.807, 2.05) is 36.4 Å². The number of carboxylic acid groups (broad SMARTS) is 1. The highest BCUT2D eigenvalue weighted by Crippen LogP contribution is 2.46. The molecule has 5 nitrogen and oxygen atoms in total. The first-order chi connectivity index (χ1) is 19.2. The van der Waals surface area contributed by atoms with Crippen molar-refractivity contribution in [2.45, 2.75) is 24.9 Å². The Bertz CT molecular complexity index is 1550. The lowest BCUT2D eigenvalue weighted by atomic mass is 9.92. The number of nitrogens with one attached hydrogen (secondary N) is 1. The third kappa shape index (κ3) is 5.17. The predicted molar refractivity (Wildman–Crippen MR) is 145 cm³/mol. The SMILES string of the molecule is COc1cccc(-c2cc(CCNC(=O)CC3c4ccccc4-c4ccccc43)ccc2C(=O)O)c1C(F)(F)F. The van der Waals surface area contributed by atoms with Gasteiger partial charge < -0.3 is 15.2 Å². The van der Waals surface area contributed by atoms with Gasteiger partial charge in [-0.3, -0.25) is 4.79 Å². The molecule has 2 N–H and O–H groups in total. The molecule has 8 heteroatoms. The van der Waals surface area contributed by atoms with E-state index >= 15 is 0 Å². The molecule has 0 aromatic heterocycles. The van der Waals surface area contributed by atoms with Crippen LogP contribution in [0.25, 0.3) is 22.3 Å². The van der Waals surface area contributed by atoms with Crippen molar-refractivity contribution < 1.29 is 32.6 Å². The number of hydrogen-bond donors (Lipinski definition) is 2. The Balaban J connectivity index is 1.34. The van der Waals surface area contributed by atoms with Gasteiger partial charge in [-0.1, -0.05) is 72.8 Å². The van der Waals surface area contributed by atoms with Crippen molar-refractivity contribution in [3.05, 3.63) is 113 Å². The summed E-state index contributed by atoms with van der Waals surface area (Å²) in [5.41, 5.74) is 3.39. The second kappa shape index (κ2) is 10.9. The smallest absolute Gasteiger partial charge is 0.420 e. The maximum atomic E-state index is 14.0. The number of aromatic carboxylic acids is 1. The maximum Gasteiger partial charge on any atom is 0.420 e. The maximum absolute atomic E-state index is 14.0. The first-order valence-corrected chi connectivity index (χ1v) is 12.7. The van der Waals surface area contributed by atoms with Gasteiger partial charge in [0.2, 0.25) is 5.91 Å². The first-order valence-electron chi connectivity index (χ1n) is 12.7. The van der Waals surface area contributed by atoms with Crippen LogP contribution >= 0.6 is 0 Å². The Hall–Kier alpha value is -4.59. The van der Waals surface area contributed by atoms with Crippen molar-refractivity contribution in [2.75, 3.05) is 13.7 Å². The van der Waals surface area contributed by atoms with Crippen LogP contribution < -0.4 is 10.1 Å². The number of methoxy groups -OCH3 is 1. The minimum absolute atomic E-state index is 0.0669. The molecule has 0 atom stereocenters. The van der Waals surface area contributed by atoms with Crippen LogP contribution in [0.3, 0.4) is 0 Å². The molecule has 4 aromatic rings. The highest BCUT2D eigenvalue weighted by molar-refractivity contribution is 5.97. The third-order valence-corrected chi connectivity index (χ3v) is 7.22. The van der Waals surface area contributed by atoms with Gasteiger partial charge in [-0.05, 0) is 57.5 Å². The molecule has 4 aromatic carbocycles.